The maximum Gasteiger partial charge on any atom is 0.123 e. The molecule has 0 saturated heterocycles. The molecular weight excluding hydrogens is 274 g/mol. The maximum atomic E-state index is 13.2. The van der Waals surface area contributed by atoms with Gasteiger partial charge in [-0.25, -0.2) is 4.39 Å². The van der Waals surface area contributed by atoms with Crippen LogP contribution in [-0.4, -0.2) is 12.0 Å². The van der Waals surface area contributed by atoms with Crippen molar-refractivity contribution in [2.45, 2.75) is 6.04 Å². The molecule has 0 saturated carbocycles. The van der Waals surface area contributed by atoms with Gasteiger partial charge in [-0.05, 0) is 30.8 Å². The minimum atomic E-state index is -0.294. The molecule has 1 aromatic heterocycles. The molecule has 1 aromatic carbocycles. The van der Waals surface area contributed by atoms with Gasteiger partial charge in [0.05, 0.1) is 21.8 Å². The number of rotatable bonds is 3. The first-order chi connectivity index (χ1) is 8.61. The van der Waals surface area contributed by atoms with E-state index in [1.54, 1.807) is 19.2 Å². The van der Waals surface area contributed by atoms with Gasteiger partial charge in [-0.2, -0.15) is 0 Å². The number of hydrogen-bond donors (Lipinski definition) is 1. The highest BCUT2D eigenvalue weighted by Gasteiger charge is 2.17. The van der Waals surface area contributed by atoms with Gasteiger partial charge in [-0.1, -0.05) is 35.3 Å². The molecule has 0 amide bonds. The van der Waals surface area contributed by atoms with E-state index in [9.17, 15) is 4.39 Å². The van der Waals surface area contributed by atoms with E-state index in [1.807, 2.05) is 6.07 Å². The second-order valence-corrected chi connectivity index (χ2v) is 4.64. The molecule has 1 N–H and O–H groups in total. The Morgan fingerprint density at radius 2 is 2.06 bits per heavy atom. The lowest BCUT2D eigenvalue weighted by Crippen LogP contribution is -2.19. The predicted molar refractivity (Wildman–Crippen MR) is 71.6 cm³/mol. The monoisotopic (exact) mass is 284 g/mol. The van der Waals surface area contributed by atoms with Crippen molar-refractivity contribution < 1.29 is 4.39 Å². The summed E-state index contributed by atoms with van der Waals surface area (Å²) < 4.78 is 13.2. The zero-order chi connectivity index (χ0) is 13.1. The summed E-state index contributed by atoms with van der Waals surface area (Å²) in [4.78, 5) is 4.21. The van der Waals surface area contributed by atoms with E-state index in [1.165, 1.54) is 18.3 Å². The summed E-state index contributed by atoms with van der Waals surface area (Å²) in [6, 6.07) is 7.66. The van der Waals surface area contributed by atoms with Gasteiger partial charge in [-0.3, -0.25) is 4.98 Å². The number of pyridine rings is 1. The van der Waals surface area contributed by atoms with Gasteiger partial charge in [0.25, 0.3) is 0 Å². The Morgan fingerprint density at radius 3 is 2.67 bits per heavy atom. The van der Waals surface area contributed by atoms with Crippen LogP contribution >= 0.6 is 23.2 Å². The zero-order valence-corrected chi connectivity index (χ0v) is 11.1. The molecule has 0 spiro atoms. The second-order valence-electron chi connectivity index (χ2n) is 3.80. The first-order valence-electron chi connectivity index (χ1n) is 5.35. The Balaban J connectivity index is 2.45. The molecule has 0 aliphatic carbocycles. The summed E-state index contributed by atoms with van der Waals surface area (Å²) in [6.07, 6.45) is 1.52. The van der Waals surface area contributed by atoms with Crippen LogP contribution in [0.1, 0.15) is 17.3 Å². The Hall–Kier alpha value is -1.16. The van der Waals surface area contributed by atoms with Crippen molar-refractivity contribution in [3.05, 3.63) is 63.6 Å². The molecule has 5 heteroatoms. The van der Waals surface area contributed by atoms with Gasteiger partial charge in [0.15, 0.2) is 0 Å². The number of nitrogens with one attached hydrogen (secondary N) is 1. The SMILES string of the molecule is CNC(c1cccc(F)c1)c1ncc(Cl)cc1Cl. The minimum Gasteiger partial charge on any atom is -0.308 e. The Kier molecular flexibility index (Phi) is 4.17. The highest BCUT2D eigenvalue weighted by Crippen LogP contribution is 2.28. The molecule has 2 nitrogen and oxygen atoms in total. The molecule has 1 unspecified atom stereocenters. The van der Waals surface area contributed by atoms with Crippen LogP contribution in [-0.2, 0) is 0 Å². The standard InChI is InChI=1S/C13H11Cl2FN2/c1-17-12(8-3-2-4-10(16)5-8)13-11(15)6-9(14)7-18-13/h2-7,12,17H,1H3. The Labute approximate surface area is 115 Å². The Bertz CT molecular complexity index is 560. The lowest BCUT2D eigenvalue weighted by Gasteiger charge is -2.17. The summed E-state index contributed by atoms with van der Waals surface area (Å²) in [5.41, 5.74) is 1.38. The van der Waals surface area contributed by atoms with Crippen LogP contribution < -0.4 is 5.32 Å². The highest BCUT2D eigenvalue weighted by atomic mass is 35.5. The van der Waals surface area contributed by atoms with Crippen molar-refractivity contribution in [2.24, 2.45) is 0 Å². The van der Waals surface area contributed by atoms with Crippen LogP contribution in [0.25, 0.3) is 0 Å². The molecule has 0 radical (unpaired) electrons. The Morgan fingerprint density at radius 1 is 1.28 bits per heavy atom. The van der Waals surface area contributed by atoms with E-state index >= 15 is 0 Å². The summed E-state index contributed by atoms with van der Waals surface area (Å²) >= 11 is 11.9. The zero-order valence-electron chi connectivity index (χ0n) is 9.62. The molecule has 1 heterocycles. The van der Waals surface area contributed by atoms with Crippen LogP contribution in [0.15, 0.2) is 36.5 Å². The molecule has 94 valence electrons. The number of halogens is 3. The van der Waals surface area contributed by atoms with Gasteiger partial charge >= 0.3 is 0 Å². The van der Waals surface area contributed by atoms with Crippen LogP contribution in [0.5, 0.6) is 0 Å². The van der Waals surface area contributed by atoms with Crippen molar-refractivity contribution in [3.63, 3.8) is 0 Å². The van der Waals surface area contributed by atoms with Gasteiger partial charge < -0.3 is 5.32 Å². The molecule has 0 aliphatic rings. The largest absolute Gasteiger partial charge is 0.308 e. The molecule has 1 atom stereocenters. The number of nitrogens with zero attached hydrogens (tertiary/aromatic N) is 1. The quantitative estimate of drug-likeness (QED) is 0.926. The fourth-order valence-corrected chi connectivity index (χ4v) is 2.27. The third kappa shape index (κ3) is 2.80. The van der Waals surface area contributed by atoms with Crippen LogP contribution in [0.2, 0.25) is 10.0 Å². The normalized spacial score (nSPS) is 12.4. The van der Waals surface area contributed by atoms with Crippen molar-refractivity contribution in [2.75, 3.05) is 7.05 Å². The third-order valence-electron chi connectivity index (χ3n) is 2.58. The average molecular weight is 285 g/mol. The summed E-state index contributed by atoms with van der Waals surface area (Å²) in [5.74, 6) is -0.294. The maximum absolute atomic E-state index is 13.2. The molecule has 2 rings (SSSR count). The van der Waals surface area contributed by atoms with Crippen LogP contribution in [0.3, 0.4) is 0 Å². The van der Waals surface area contributed by atoms with E-state index in [2.05, 4.69) is 10.3 Å². The average Bonchev–Trinajstić information content (AvgIpc) is 2.33. The fourth-order valence-electron chi connectivity index (χ4n) is 1.78. The lowest BCUT2D eigenvalue weighted by atomic mass is 10.0. The molecular formula is C13H11Cl2FN2. The molecule has 2 aromatic rings. The fraction of sp³-hybridized carbons (Fsp3) is 0.154. The molecule has 0 aliphatic heterocycles. The minimum absolute atomic E-state index is 0.273. The first kappa shape index (κ1) is 13.3. The van der Waals surface area contributed by atoms with Crippen LogP contribution in [0.4, 0.5) is 4.39 Å². The predicted octanol–water partition coefficient (Wildman–Crippen LogP) is 3.84. The number of hydrogen-bond acceptors (Lipinski definition) is 2. The topological polar surface area (TPSA) is 24.9 Å². The lowest BCUT2D eigenvalue weighted by molar-refractivity contribution is 0.614. The van der Waals surface area contributed by atoms with Crippen LogP contribution in [0, 0.1) is 5.82 Å². The van der Waals surface area contributed by atoms with E-state index in [0.29, 0.717) is 15.7 Å². The van der Waals surface area contributed by atoms with Gasteiger partial charge in [0.2, 0.25) is 0 Å². The van der Waals surface area contributed by atoms with Crippen molar-refractivity contribution >= 4 is 23.2 Å². The van der Waals surface area contributed by atoms with Gasteiger partial charge in [0, 0.05) is 6.20 Å². The number of aromatic nitrogens is 1. The first-order valence-corrected chi connectivity index (χ1v) is 6.11. The summed E-state index contributed by atoms with van der Waals surface area (Å²) in [7, 11) is 1.77. The summed E-state index contributed by atoms with van der Waals surface area (Å²) in [5, 5.41) is 3.99. The van der Waals surface area contributed by atoms with E-state index in [4.69, 9.17) is 23.2 Å². The second kappa shape index (κ2) is 5.65. The van der Waals surface area contributed by atoms with Gasteiger partial charge in [0.1, 0.15) is 5.82 Å². The molecule has 18 heavy (non-hydrogen) atoms. The molecule has 0 bridgehead atoms. The van der Waals surface area contributed by atoms with Crippen molar-refractivity contribution in [3.8, 4) is 0 Å². The van der Waals surface area contributed by atoms with Gasteiger partial charge in [-0.15, -0.1) is 0 Å². The van der Waals surface area contributed by atoms with Crippen molar-refractivity contribution in [1.29, 1.82) is 0 Å². The smallest absolute Gasteiger partial charge is 0.123 e. The summed E-state index contributed by atoms with van der Waals surface area (Å²) in [6.45, 7) is 0. The number of benzene rings is 1. The van der Waals surface area contributed by atoms with E-state index < -0.39 is 0 Å². The third-order valence-corrected chi connectivity index (χ3v) is 3.09. The van der Waals surface area contributed by atoms with Crippen molar-refractivity contribution in [1.82, 2.24) is 10.3 Å². The van der Waals surface area contributed by atoms with E-state index in [-0.39, 0.29) is 11.9 Å². The highest BCUT2D eigenvalue weighted by molar-refractivity contribution is 6.34. The van der Waals surface area contributed by atoms with E-state index in [0.717, 1.165) is 5.56 Å². The molecule has 0 fully saturated rings.